The molecular formula is C18H16Cl2N2O3. The number of hydrogen-bond acceptors (Lipinski definition) is 3. The Kier molecular flexibility index (Phi) is 5.58. The molecule has 0 aromatic heterocycles. The number of nitrogens with one attached hydrogen (secondary N) is 1. The first-order valence-corrected chi connectivity index (χ1v) is 8.50. The fraction of sp³-hybridized carbons (Fsp3) is 0.222. The molecule has 2 aromatic carbocycles. The molecule has 3 rings (SSSR count). The molecule has 0 saturated carbocycles. The van der Waals surface area contributed by atoms with Gasteiger partial charge in [-0.05, 0) is 36.4 Å². The van der Waals surface area contributed by atoms with Crippen molar-refractivity contribution in [3.63, 3.8) is 0 Å². The molecule has 1 atom stereocenters. The number of ether oxygens (including phenoxy) is 1. The van der Waals surface area contributed by atoms with Gasteiger partial charge in [0.1, 0.15) is 6.61 Å². The molecule has 1 N–H and O–H groups in total. The fourth-order valence-corrected chi connectivity index (χ4v) is 2.91. The van der Waals surface area contributed by atoms with E-state index < -0.39 is 0 Å². The number of nitrogens with zero attached hydrogens (tertiary/aromatic N) is 1. The second kappa shape index (κ2) is 7.87. The summed E-state index contributed by atoms with van der Waals surface area (Å²) in [5.74, 6) is -0.403. The average molecular weight is 379 g/mol. The zero-order valence-electron chi connectivity index (χ0n) is 13.2. The molecule has 7 heteroatoms. The van der Waals surface area contributed by atoms with Gasteiger partial charge in [0.2, 0.25) is 0 Å². The topological polar surface area (TPSA) is 58.6 Å². The standard InChI is InChI=1S/C18H16Cl2N2O3/c19-12-5-7-13(8-6-12)22-10-14(25-11-17(22)23)9-21-18(24)15-3-1-2-4-16(15)20/h1-8,14H,9-11H2,(H,21,24). The van der Waals surface area contributed by atoms with Crippen molar-refractivity contribution in [2.24, 2.45) is 0 Å². The minimum absolute atomic E-state index is 0.0325. The molecule has 130 valence electrons. The van der Waals surface area contributed by atoms with E-state index in [1.54, 1.807) is 53.4 Å². The van der Waals surface area contributed by atoms with E-state index >= 15 is 0 Å². The van der Waals surface area contributed by atoms with Gasteiger partial charge in [0.15, 0.2) is 0 Å². The smallest absolute Gasteiger partial charge is 0.253 e. The first-order chi connectivity index (χ1) is 12.0. The van der Waals surface area contributed by atoms with Crippen LogP contribution in [0.1, 0.15) is 10.4 Å². The molecule has 0 radical (unpaired) electrons. The highest BCUT2D eigenvalue weighted by atomic mass is 35.5. The third-order valence-corrected chi connectivity index (χ3v) is 4.46. The van der Waals surface area contributed by atoms with Gasteiger partial charge < -0.3 is 15.0 Å². The molecule has 5 nitrogen and oxygen atoms in total. The molecule has 0 bridgehead atoms. The monoisotopic (exact) mass is 378 g/mol. The van der Waals surface area contributed by atoms with Crippen molar-refractivity contribution in [2.45, 2.75) is 6.10 Å². The van der Waals surface area contributed by atoms with Gasteiger partial charge in [0, 0.05) is 17.3 Å². The van der Waals surface area contributed by atoms with E-state index in [1.165, 1.54) is 0 Å². The molecule has 1 fully saturated rings. The number of carbonyl (C=O) groups is 2. The summed E-state index contributed by atoms with van der Waals surface area (Å²) in [7, 11) is 0. The lowest BCUT2D eigenvalue weighted by Crippen LogP contribution is -2.50. The summed E-state index contributed by atoms with van der Waals surface area (Å²) in [6, 6.07) is 13.9. The van der Waals surface area contributed by atoms with Gasteiger partial charge in [0.25, 0.3) is 11.8 Å². The van der Waals surface area contributed by atoms with E-state index in [4.69, 9.17) is 27.9 Å². The third-order valence-electron chi connectivity index (χ3n) is 3.88. The number of morpholine rings is 1. The average Bonchev–Trinajstić information content (AvgIpc) is 2.62. The first-order valence-electron chi connectivity index (χ1n) is 7.75. The van der Waals surface area contributed by atoms with E-state index in [-0.39, 0.29) is 31.1 Å². The molecule has 0 aliphatic carbocycles. The van der Waals surface area contributed by atoms with Crippen molar-refractivity contribution in [3.05, 3.63) is 64.1 Å². The van der Waals surface area contributed by atoms with Gasteiger partial charge in [-0.15, -0.1) is 0 Å². The highest BCUT2D eigenvalue weighted by molar-refractivity contribution is 6.33. The van der Waals surface area contributed by atoms with E-state index in [9.17, 15) is 9.59 Å². The van der Waals surface area contributed by atoms with Crippen LogP contribution in [0.3, 0.4) is 0 Å². The number of carbonyl (C=O) groups excluding carboxylic acids is 2. The van der Waals surface area contributed by atoms with Gasteiger partial charge in [-0.1, -0.05) is 35.3 Å². The molecule has 1 heterocycles. The zero-order chi connectivity index (χ0) is 17.8. The maximum absolute atomic E-state index is 12.2. The lowest BCUT2D eigenvalue weighted by atomic mass is 10.2. The number of halogens is 2. The van der Waals surface area contributed by atoms with Crippen molar-refractivity contribution in [1.29, 1.82) is 0 Å². The Bertz CT molecular complexity index is 780. The van der Waals surface area contributed by atoms with Crippen molar-refractivity contribution >= 4 is 40.7 Å². The van der Waals surface area contributed by atoms with Gasteiger partial charge in [-0.25, -0.2) is 0 Å². The summed E-state index contributed by atoms with van der Waals surface area (Å²) >= 11 is 11.9. The zero-order valence-corrected chi connectivity index (χ0v) is 14.8. The summed E-state index contributed by atoms with van der Waals surface area (Å²) in [6.07, 6.45) is -0.306. The van der Waals surface area contributed by atoms with E-state index in [0.717, 1.165) is 5.69 Å². The van der Waals surface area contributed by atoms with Gasteiger partial charge in [-0.2, -0.15) is 0 Å². The predicted octanol–water partition coefficient (Wildman–Crippen LogP) is 3.16. The van der Waals surface area contributed by atoms with Crippen molar-refractivity contribution in [3.8, 4) is 0 Å². The Morgan fingerprint density at radius 2 is 1.88 bits per heavy atom. The number of rotatable bonds is 4. The van der Waals surface area contributed by atoms with Gasteiger partial charge in [-0.3, -0.25) is 9.59 Å². The number of hydrogen-bond donors (Lipinski definition) is 1. The van der Waals surface area contributed by atoms with E-state index in [2.05, 4.69) is 5.32 Å². The summed E-state index contributed by atoms with van der Waals surface area (Å²) in [4.78, 5) is 25.9. The summed E-state index contributed by atoms with van der Waals surface area (Å²) in [6.45, 7) is 0.597. The minimum Gasteiger partial charge on any atom is -0.365 e. The number of benzene rings is 2. The molecule has 1 aliphatic heterocycles. The number of amides is 2. The largest absolute Gasteiger partial charge is 0.365 e. The van der Waals surface area contributed by atoms with Crippen molar-refractivity contribution in [2.75, 3.05) is 24.6 Å². The van der Waals surface area contributed by atoms with Crippen LogP contribution in [0.4, 0.5) is 5.69 Å². The van der Waals surface area contributed by atoms with E-state index in [1.807, 2.05) is 0 Å². The van der Waals surface area contributed by atoms with Crippen LogP contribution in [0.15, 0.2) is 48.5 Å². The Hall–Kier alpha value is -2.08. The molecule has 25 heavy (non-hydrogen) atoms. The first kappa shape index (κ1) is 17.7. The highest BCUT2D eigenvalue weighted by Crippen LogP contribution is 2.21. The van der Waals surface area contributed by atoms with Gasteiger partial charge in [0.05, 0.1) is 23.2 Å². The summed E-state index contributed by atoms with van der Waals surface area (Å²) < 4.78 is 5.52. The quantitative estimate of drug-likeness (QED) is 0.888. The van der Waals surface area contributed by atoms with Crippen LogP contribution >= 0.6 is 23.2 Å². The number of anilines is 1. The summed E-state index contributed by atoms with van der Waals surface area (Å²) in [5.41, 5.74) is 1.16. The van der Waals surface area contributed by atoms with Gasteiger partial charge >= 0.3 is 0 Å². The maximum atomic E-state index is 12.2. The van der Waals surface area contributed by atoms with Crippen LogP contribution in [-0.2, 0) is 9.53 Å². The SMILES string of the molecule is O=C(NCC1CN(c2ccc(Cl)cc2)C(=O)CO1)c1ccccc1Cl. The Labute approximate surface area is 155 Å². The van der Waals surface area contributed by atoms with Crippen LogP contribution in [-0.4, -0.2) is 37.6 Å². The summed E-state index contributed by atoms with van der Waals surface area (Å²) in [5, 5.41) is 3.79. The second-order valence-corrected chi connectivity index (χ2v) is 6.45. The normalized spacial score (nSPS) is 17.4. The Morgan fingerprint density at radius 3 is 2.60 bits per heavy atom. The molecule has 1 unspecified atom stereocenters. The van der Waals surface area contributed by atoms with Crippen LogP contribution in [0.25, 0.3) is 0 Å². The predicted molar refractivity (Wildman–Crippen MR) is 97.3 cm³/mol. The van der Waals surface area contributed by atoms with Crippen LogP contribution in [0.5, 0.6) is 0 Å². The molecular weight excluding hydrogens is 363 g/mol. The molecule has 1 aliphatic rings. The fourth-order valence-electron chi connectivity index (χ4n) is 2.57. The molecule has 2 amide bonds. The van der Waals surface area contributed by atoms with Crippen LogP contribution < -0.4 is 10.2 Å². The van der Waals surface area contributed by atoms with E-state index in [0.29, 0.717) is 22.2 Å². The van der Waals surface area contributed by atoms with Crippen LogP contribution in [0, 0.1) is 0 Å². The molecule has 2 aromatic rings. The van der Waals surface area contributed by atoms with Crippen LogP contribution in [0.2, 0.25) is 10.0 Å². The minimum atomic E-state index is -0.306. The second-order valence-electron chi connectivity index (χ2n) is 5.60. The molecule has 1 saturated heterocycles. The maximum Gasteiger partial charge on any atom is 0.253 e. The van der Waals surface area contributed by atoms with Crippen molar-refractivity contribution < 1.29 is 14.3 Å². The Balaban J connectivity index is 1.62. The Morgan fingerprint density at radius 1 is 1.16 bits per heavy atom. The van der Waals surface area contributed by atoms with Crippen molar-refractivity contribution in [1.82, 2.24) is 5.32 Å². The highest BCUT2D eigenvalue weighted by Gasteiger charge is 2.27. The lowest BCUT2D eigenvalue weighted by molar-refractivity contribution is -0.129. The molecule has 0 spiro atoms. The third kappa shape index (κ3) is 4.31. The lowest BCUT2D eigenvalue weighted by Gasteiger charge is -2.33.